The van der Waals surface area contributed by atoms with Crippen molar-refractivity contribution in [1.82, 2.24) is 10.2 Å². The maximum Gasteiger partial charge on any atom is 0.267 e. The van der Waals surface area contributed by atoms with E-state index in [0.717, 1.165) is 31.8 Å². The number of unbranched alkanes of at least 4 members (excludes halogenated alkanes) is 1. The Labute approximate surface area is 171 Å². The van der Waals surface area contributed by atoms with E-state index in [1.807, 2.05) is 0 Å². The van der Waals surface area contributed by atoms with Crippen molar-refractivity contribution in [1.29, 1.82) is 0 Å². The van der Waals surface area contributed by atoms with Gasteiger partial charge in [0.05, 0.1) is 5.69 Å². The standard InChI is InChI=1S/C21H30FN5O2/c1-15-5-4-12-26(14-15)11-3-2-10-24-21(29)18-13-19(20(23)28)27(25-18)17-8-6-16(22)7-9-17/h6-9,15,19H,2-5,10-14H2,1H3,(H2,23,28)(H,24,29). The lowest BCUT2D eigenvalue weighted by Crippen LogP contribution is -2.40. The lowest BCUT2D eigenvalue weighted by molar-refractivity contribution is -0.119. The highest BCUT2D eigenvalue weighted by Gasteiger charge is 2.34. The molecule has 0 aromatic heterocycles. The number of amides is 2. The zero-order chi connectivity index (χ0) is 20.8. The lowest BCUT2D eigenvalue weighted by Gasteiger charge is -2.30. The van der Waals surface area contributed by atoms with Crippen LogP contribution in [0.4, 0.5) is 10.1 Å². The molecule has 29 heavy (non-hydrogen) atoms. The second-order valence-corrected chi connectivity index (χ2v) is 8.00. The molecule has 158 valence electrons. The Balaban J connectivity index is 1.47. The molecular formula is C21H30FN5O2. The summed E-state index contributed by atoms with van der Waals surface area (Å²) in [5.74, 6) is -0.472. The molecule has 8 heteroatoms. The van der Waals surface area contributed by atoms with Gasteiger partial charge in [-0.15, -0.1) is 0 Å². The van der Waals surface area contributed by atoms with Gasteiger partial charge in [0.2, 0.25) is 5.91 Å². The summed E-state index contributed by atoms with van der Waals surface area (Å²) in [5.41, 5.74) is 6.26. The highest BCUT2D eigenvalue weighted by atomic mass is 19.1. The van der Waals surface area contributed by atoms with Crippen molar-refractivity contribution in [2.75, 3.05) is 31.2 Å². The zero-order valence-electron chi connectivity index (χ0n) is 16.9. The number of nitrogens with two attached hydrogens (primary N) is 1. The van der Waals surface area contributed by atoms with Crippen molar-refractivity contribution < 1.29 is 14.0 Å². The third-order valence-corrected chi connectivity index (χ3v) is 5.52. The van der Waals surface area contributed by atoms with E-state index in [1.165, 1.54) is 48.7 Å². The van der Waals surface area contributed by atoms with E-state index >= 15 is 0 Å². The van der Waals surface area contributed by atoms with Crippen molar-refractivity contribution in [2.45, 2.75) is 45.1 Å². The molecule has 3 rings (SSSR count). The number of hydrogen-bond donors (Lipinski definition) is 2. The summed E-state index contributed by atoms with van der Waals surface area (Å²) in [4.78, 5) is 26.7. The van der Waals surface area contributed by atoms with Crippen LogP contribution in [0.25, 0.3) is 0 Å². The van der Waals surface area contributed by atoms with Gasteiger partial charge >= 0.3 is 0 Å². The fourth-order valence-electron chi connectivity index (χ4n) is 3.96. The summed E-state index contributed by atoms with van der Waals surface area (Å²) in [6.07, 6.45) is 4.65. The number of halogens is 1. The minimum atomic E-state index is -0.748. The predicted molar refractivity (Wildman–Crippen MR) is 111 cm³/mol. The van der Waals surface area contributed by atoms with E-state index in [2.05, 4.69) is 22.2 Å². The summed E-state index contributed by atoms with van der Waals surface area (Å²) >= 11 is 0. The second kappa shape index (κ2) is 9.82. The molecule has 7 nitrogen and oxygen atoms in total. The highest BCUT2D eigenvalue weighted by Crippen LogP contribution is 2.25. The average molecular weight is 404 g/mol. The normalized spacial score (nSPS) is 22.4. The van der Waals surface area contributed by atoms with E-state index in [9.17, 15) is 14.0 Å². The molecule has 0 saturated carbocycles. The number of hydrazone groups is 1. The Morgan fingerprint density at radius 2 is 2.03 bits per heavy atom. The summed E-state index contributed by atoms with van der Waals surface area (Å²) in [6, 6.07) is 4.84. The van der Waals surface area contributed by atoms with Gasteiger partial charge in [0.25, 0.3) is 5.91 Å². The molecule has 0 spiro atoms. The fourth-order valence-corrected chi connectivity index (χ4v) is 3.96. The van der Waals surface area contributed by atoms with Crippen LogP contribution in [0, 0.1) is 11.7 Å². The predicted octanol–water partition coefficient (Wildman–Crippen LogP) is 1.87. The van der Waals surface area contributed by atoms with Gasteiger partial charge in [-0.25, -0.2) is 4.39 Å². The molecule has 1 saturated heterocycles. The van der Waals surface area contributed by atoms with Gasteiger partial charge in [-0.3, -0.25) is 14.6 Å². The number of primary amides is 1. The Morgan fingerprint density at radius 1 is 1.28 bits per heavy atom. The maximum atomic E-state index is 13.2. The average Bonchev–Trinajstić information content (AvgIpc) is 3.14. The monoisotopic (exact) mass is 403 g/mol. The van der Waals surface area contributed by atoms with Crippen molar-refractivity contribution in [2.24, 2.45) is 16.8 Å². The third-order valence-electron chi connectivity index (χ3n) is 5.52. The molecule has 1 aromatic carbocycles. The van der Waals surface area contributed by atoms with Gasteiger partial charge in [0, 0.05) is 19.5 Å². The molecule has 0 bridgehead atoms. The van der Waals surface area contributed by atoms with E-state index in [-0.39, 0.29) is 23.9 Å². The van der Waals surface area contributed by atoms with Crippen LogP contribution in [0.2, 0.25) is 0 Å². The first-order valence-electron chi connectivity index (χ1n) is 10.4. The summed E-state index contributed by atoms with van der Waals surface area (Å²) in [5, 5.41) is 8.56. The molecule has 2 unspecified atom stereocenters. The molecule has 0 aliphatic carbocycles. The van der Waals surface area contributed by atoms with Crippen molar-refractivity contribution in [3.8, 4) is 0 Å². The summed E-state index contributed by atoms with van der Waals surface area (Å²) in [7, 11) is 0. The second-order valence-electron chi connectivity index (χ2n) is 8.00. The number of piperidine rings is 1. The van der Waals surface area contributed by atoms with Crippen LogP contribution in [-0.4, -0.2) is 54.6 Å². The SMILES string of the molecule is CC1CCCN(CCCCNC(=O)C2=NN(c3ccc(F)cc3)C(C(N)=O)C2)C1. The van der Waals surface area contributed by atoms with E-state index in [0.29, 0.717) is 12.2 Å². The van der Waals surface area contributed by atoms with Crippen molar-refractivity contribution in [3.05, 3.63) is 30.1 Å². The van der Waals surface area contributed by atoms with E-state index in [4.69, 9.17) is 5.73 Å². The first kappa shape index (κ1) is 21.2. The van der Waals surface area contributed by atoms with Crippen LogP contribution in [0.1, 0.15) is 39.0 Å². The number of nitrogens with zero attached hydrogens (tertiary/aromatic N) is 3. The van der Waals surface area contributed by atoms with Crippen LogP contribution >= 0.6 is 0 Å². The van der Waals surface area contributed by atoms with Gasteiger partial charge < -0.3 is 16.0 Å². The molecule has 2 amide bonds. The molecule has 1 aromatic rings. The number of benzene rings is 1. The molecule has 1 fully saturated rings. The number of carbonyl (C=O) groups is 2. The molecular weight excluding hydrogens is 373 g/mol. The number of nitrogens with one attached hydrogen (secondary N) is 1. The topological polar surface area (TPSA) is 91.0 Å². The smallest absolute Gasteiger partial charge is 0.267 e. The van der Waals surface area contributed by atoms with Gasteiger partial charge in [0.15, 0.2) is 0 Å². The van der Waals surface area contributed by atoms with Gasteiger partial charge in [-0.2, -0.15) is 5.10 Å². The van der Waals surface area contributed by atoms with E-state index < -0.39 is 11.9 Å². The first-order valence-corrected chi connectivity index (χ1v) is 10.4. The molecule has 0 radical (unpaired) electrons. The Morgan fingerprint density at radius 3 is 2.72 bits per heavy atom. The van der Waals surface area contributed by atoms with E-state index in [1.54, 1.807) is 0 Å². The molecule has 2 aliphatic heterocycles. The molecule has 2 heterocycles. The number of likely N-dealkylation sites (tertiary alicyclic amines) is 1. The minimum absolute atomic E-state index is 0.143. The molecule has 2 aliphatic rings. The van der Waals surface area contributed by atoms with Crippen LogP contribution < -0.4 is 16.1 Å². The number of hydrogen-bond acceptors (Lipinski definition) is 5. The zero-order valence-corrected chi connectivity index (χ0v) is 16.9. The van der Waals surface area contributed by atoms with Crippen LogP contribution in [0.3, 0.4) is 0 Å². The van der Waals surface area contributed by atoms with Crippen LogP contribution in [-0.2, 0) is 9.59 Å². The summed E-state index contributed by atoms with van der Waals surface area (Å²) < 4.78 is 13.2. The van der Waals surface area contributed by atoms with Gasteiger partial charge in [-0.05, 0) is 69.0 Å². The quantitative estimate of drug-likeness (QED) is 0.649. The van der Waals surface area contributed by atoms with Crippen molar-refractivity contribution in [3.63, 3.8) is 0 Å². The Kier molecular flexibility index (Phi) is 7.19. The van der Waals surface area contributed by atoms with Gasteiger partial charge in [0.1, 0.15) is 17.6 Å². The Hall–Kier alpha value is -2.48. The number of carbonyl (C=O) groups excluding carboxylic acids is 2. The number of anilines is 1. The number of rotatable bonds is 8. The Bertz CT molecular complexity index is 752. The molecule has 2 atom stereocenters. The first-order chi connectivity index (χ1) is 13.9. The van der Waals surface area contributed by atoms with Crippen LogP contribution in [0.5, 0.6) is 0 Å². The third kappa shape index (κ3) is 5.76. The van der Waals surface area contributed by atoms with Crippen LogP contribution in [0.15, 0.2) is 29.4 Å². The highest BCUT2D eigenvalue weighted by molar-refractivity contribution is 6.40. The minimum Gasteiger partial charge on any atom is -0.368 e. The summed E-state index contributed by atoms with van der Waals surface area (Å²) in [6.45, 7) is 6.25. The fraction of sp³-hybridized carbons (Fsp3) is 0.571. The molecule has 3 N–H and O–H groups in total. The lowest BCUT2D eigenvalue weighted by atomic mass is 10.0. The largest absolute Gasteiger partial charge is 0.368 e. The van der Waals surface area contributed by atoms with Gasteiger partial charge in [-0.1, -0.05) is 6.92 Å². The maximum absolute atomic E-state index is 13.2. The van der Waals surface area contributed by atoms with Crippen molar-refractivity contribution >= 4 is 23.2 Å².